The molecule has 2 unspecified atom stereocenters. The Kier molecular flexibility index (Phi) is 7.76. The molecule has 2 rings (SSSR count). The molecule has 0 fully saturated rings. The fourth-order valence-corrected chi connectivity index (χ4v) is 4.46. The van der Waals surface area contributed by atoms with Gasteiger partial charge in [0.2, 0.25) is 19.1 Å². The summed E-state index contributed by atoms with van der Waals surface area (Å²) in [5.41, 5.74) is -1.52. The SMILES string of the molecule is CCOP(C)(=O)C(Cc1nc(-c2ccc(C(F)(F)CC)cc2)no1)C(=O)OC(C)(C)C. The van der Waals surface area contributed by atoms with E-state index in [-0.39, 0.29) is 36.7 Å². The van der Waals surface area contributed by atoms with Gasteiger partial charge >= 0.3 is 5.97 Å². The molecule has 0 saturated heterocycles. The first kappa shape index (κ1) is 25.1. The molecular formula is C21H29F2N2O5P. The van der Waals surface area contributed by atoms with Gasteiger partial charge in [0.05, 0.1) is 6.61 Å². The van der Waals surface area contributed by atoms with Crippen LogP contribution < -0.4 is 0 Å². The summed E-state index contributed by atoms with van der Waals surface area (Å²) in [6.07, 6.45) is -0.441. The number of halogens is 2. The van der Waals surface area contributed by atoms with Gasteiger partial charge in [-0.25, -0.2) is 8.78 Å². The number of esters is 1. The maximum Gasteiger partial charge on any atom is 0.319 e. The minimum atomic E-state index is -3.39. The van der Waals surface area contributed by atoms with E-state index in [0.717, 1.165) is 0 Å². The first-order valence-electron chi connectivity index (χ1n) is 10.0. The van der Waals surface area contributed by atoms with Crippen molar-refractivity contribution in [1.82, 2.24) is 10.1 Å². The van der Waals surface area contributed by atoms with Crippen molar-refractivity contribution in [2.45, 2.75) is 64.6 Å². The highest BCUT2D eigenvalue weighted by molar-refractivity contribution is 7.60. The number of ether oxygens (including phenoxy) is 1. The summed E-state index contributed by atoms with van der Waals surface area (Å²) in [5, 5.41) is 3.86. The molecule has 0 spiro atoms. The number of aromatic nitrogens is 2. The lowest BCUT2D eigenvalue weighted by Gasteiger charge is -2.26. The van der Waals surface area contributed by atoms with E-state index in [1.165, 1.54) is 37.9 Å². The van der Waals surface area contributed by atoms with Crippen LogP contribution in [0, 0.1) is 0 Å². The van der Waals surface area contributed by atoms with E-state index in [9.17, 15) is 18.1 Å². The van der Waals surface area contributed by atoms with Crippen LogP contribution in [0.15, 0.2) is 28.8 Å². The Morgan fingerprint density at radius 3 is 2.32 bits per heavy atom. The Labute approximate surface area is 181 Å². The van der Waals surface area contributed by atoms with Gasteiger partial charge in [0.25, 0.3) is 5.92 Å². The second kappa shape index (κ2) is 9.57. The van der Waals surface area contributed by atoms with Gasteiger partial charge < -0.3 is 13.8 Å². The number of nitrogens with zero attached hydrogens (tertiary/aromatic N) is 2. The first-order chi connectivity index (χ1) is 14.3. The number of hydrogen-bond donors (Lipinski definition) is 0. The van der Waals surface area contributed by atoms with Gasteiger partial charge in [-0.3, -0.25) is 9.36 Å². The Morgan fingerprint density at radius 2 is 1.81 bits per heavy atom. The Hall–Kier alpha value is -2.12. The quantitative estimate of drug-likeness (QED) is 0.365. The highest BCUT2D eigenvalue weighted by Crippen LogP contribution is 2.50. The summed E-state index contributed by atoms with van der Waals surface area (Å²) < 4.78 is 56.6. The van der Waals surface area contributed by atoms with Crippen LogP contribution in [0.1, 0.15) is 52.5 Å². The van der Waals surface area contributed by atoms with Gasteiger partial charge in [-0.2, -0.15) is 4.98 Å². The molecule has 2 atom stereocenters. The lowest BCUT2D eigenvalue weighted by molar-refractivity contribution is -0.154. The first-order valence-corrected chi connectivity index (χ1v) is 12.2. The number of benzene rings is 1. The molecule has 0 N–H and O–H groups in total. The molecular weight excluding hydrogens is 429 g/mol. The third-order valence-corrected chi connectivity index (χ3v) is 6.77. The van der Waals surface area contributed by atoms with Gasteiger partial charge in [-0.05, 0) is 27.7 Å². The van der Waals surface area contributed by atoms with Crippen LogP contribution >= 0.6 is 7.37 Å². The van der Waals surface area contributed by atoms with Gasteiger partial charge in [-0.1, -0.05) is 36.3 Å². The molecule has 0 aliphatic rings. The van der Waals surface area contributed by atoms with Crippen LogP contribution in [0.25, 0.3) is 11.4 Å². The zero-order valence-corrected chi connectivity index (χ0v) is 19.5. The molecule has 1 aromatic heterocycles. The number of rotatable bonds is 9. The van der Waals surface area contributed by atoms with Crippen molar-refractivity contribution >= 4 is 13.3 Å². The van der Waals surface area contributed by atoms with E-state index in [1.807, 2.05) is 0 Å². The topological polar surface area (TPSA) is 91.5 Å². The van der Waals surface area contributed by atoms with E-state index < -0.39 is 30.5 Å². The molecule has 31 heavy (non-hydrogen) atoms. The van der Waals surface area contributed by atoms with Crippen molar-refractivity contribution in [3.8, 4) is 11.4 Å². The van der Waals surface area contributed by atoms with Crippen LogP contribution in [0.2, 0.25) is 0 Å². The van der Waals surface area contributed by atoms with Crippen molar-refractivity contribution in [2.24, 2.45) is 0 Å². The average molecular weight is 458 g/mol. The Morgan fingerprint density at radius 1 is 1.19 bits per heavy atom. The van der Waals surface area contributed by atoms with E-state index in [2.05, 4.69) is 10.1 Å². The number of carbonyl (C=O) groups is 1. The van der Waals surface area contributed by atoms with Crippen molar-refractivity contribution in [2.75, 3.05) is 13.3 Å². The van der Waals surface area contributed by atoms with Crippen LogP contribution in [-0.4, -0.2) is 40.6 Å². The lowest BCUT2D eigenvalue weighted by Crippen LogP contribution is -2.33. The fourth-order valence-electron chi connectivity index (χ4n) is 2.84. The molecule has 172 valence electrons. The molecule has 1 aromatic carbocycles. The summed E-state index contributed by atoms with van der Waals surface area (Å²) in [6.45, 7) is 9.75. The second-order valence-corrected chi connectivity index (χ2v) is 10.9. The van der Waals surface area contributed by atoms with Gasteiger partial charge in [-0.15, -0.1) is 0 Å². The molecule has 0 amide bonds. The highest BCUT2D eigenvalue weighted by Gasteiger charge is 2.40. The van der Waals surface area contributed by atoms with Gasteiger partial charge in [0.15, 0.2) is 0 Å². The standard InChI is InChI=1S/C21H29F2N2O5P/c1-7-21(22,23)15-11-9-14(10-12-15)18-24-17(30-25-18)13-16(31(6,27)28-8-2)19(26)29-20(3,4)5/h9-12,16H,7-8,13H2,1-6H3. The van der Waals surface area contributed by atoms with Crippen LogP contribution in [0.3, 0.4) is 0 Å². The maximum absolute atomic E-state index is 13.8. The summed E-state index contributed by atoms with van der Waals surface area (Å²) in [4.78, 5) is 16.9. The van der Waals surface area contributed by atoms with Gasteiger partial charge in [0, 0.05) is 30.6 Å². The van der Waals surface area contributed by atoms with Crippen molar-refractivity contribution < 1.29 is 31.9 Å². The Bertz CT molecular complexity index is 938. The summed E-state index contributed by atoms with van der Waals surface area (Å²) >= 11 is 0. The smallest absolute Gasteiger partial charge is 0.319 e. The lowest BCUT2D eigenvalue weighted by atomic mass is 10.0. The fraction of sp³-hybridized carbons (Fsp3) is 0.571. The average Bonchev–Trinajstić information content (AvgIpc) is 3.13. The van der Waals surface area contributed by atoms with Crippen LogP contribution in [-0.2, 0) is 31.0 Å². The zero-order chi connectivity index (χ0) is 23.4. The van der Waals surface area contributed by atoms with E-state index in [1.54, 1.807) is 27.7 Å². The van der Waals surface area contributed by atoms with Crippen LogP contribution in [0.4, 0.5) is 8.78 Å². The normalized spacial score (nSPS) is 15.4. The number of alkyl halides is 2. The molecule has 0 bridgehead atoms. The molecule has 7 nitrogen and oxygen atoms in total. The molecule has 0 aliphatic heterocycles. The summed E-state index contributed by atoms with van der Waals surface area (Å²) in [7, 11) is -3.39. The predicted molar refractivity (Wildman–Crippen MR) is 112 cm³/mol. The molecule has 0 aliphatic carbocycles. The van der Waals surface area contributed by atoms with Crippen molar-refractivity contribution in [1.29, 1.82) is 0 Å². The number of carbonyl (C=O) groups excluding carboxylic acids is 1. The van der Waals surface area contributed by atoms with Crippen LogP contribution in [0.5, 0.6) is 0 Å². The van der Waals surface area contributed by atoms with E-state index >= 15 is 0 Å². The highest BCUT2D eigenvalue weighted by atomic mass is 31.2. The molecule has 0 radical (unpaired) electrons. The third kappa shape index (κ3) is 6.68. The molecule has 1 heterocycles. The largest absolute Gasteiger partial charge is 0.459 e. The van der Waals surface area contributed by atoms with E-state index in [0.29, 0.717) is 5.56 Å². The third-order valence-electron chi connectivity index (χ3n) is 4.48. The van der Waals surface area contributed by atoms with Gasteiger partial charge in [0.1, 0.15) is 11.3 Å². The molecule has 2 aromatic rings. The number of hydrogen-bond acceptors (Lipinski definition) is 7. The summed E-state index contributed by atoms with van der Waals surface area (Å²) in [5.74, 6) is -3.36. The zero-order valence-electron chi connectivity index (χ0n) is 18.6. The minimum Gasteiger partial charge on any atom is -0.459 e. The molecule has 0 saturated carbocycles. The predicted octanol–water partition coefficient (Wildman–Crippen LogP) is 5.44. The summed E-state index contributed by atoms with van der Waals surface area (Å²) in [6, 6.07) is 5.58. The monoisotopic (exact) mass is 458 g/mol. The maximum atomic E-state index is 13.8. The van der Waals surface area contributed by atoms with E-state index in [4.69, 9.17) is 13.8 Å². The minimum absolute atomic E-state index is 0.0654. The van der Waals surface area contributed by atoms with Crippen molar-refractivity contribution in [3.05, 3.63) is 35.7 Å². The van der Waals surface area contributed by atoms with Crippen molar-refractivity contribution in [3.63, 3.8) is 0 Å². The Balaban J connectivity index is 2.26. The second-order valence-electron chi connectivity index (χ2n) is 8.23. The molecule has 10 heteroatoms.